The van der Waals surface area contributed by atoms with E-state index < -0.39 is 0 Å². The minimum absolute atomic E-state index is 0.158. The number of anilines is 1. The fourth-order valence-corrected chi connectivity index (χ4v) is 2.39. The van der Waals surface area contributed by atoms with E-state index in [0.717, 1.165) is 24.5 Å². The van der Waals surface area contributed by atoms with Crippen LogP contribution in [0.3, 0.4) is 0 Å². The van der Waals surface area contributed by atoms with Crippen LogP contribution >= 0.6 is 0 Å². The number of hydrogen-bond donors (Lipinski definition) is 2. The summed E-state index contributed by atoms with van der Waals surface area (Å²) in [5.41, 5.74) is 2.63. The van der Waals surface area contributed by atoms with Gasteiger partial charge < -0.3 is 10.6 Å². The Kier molecular flexibility index (Phi) is 5.72. The summed E-state index contributed by atoms with van der Waals surface area (Å²) in [5, 5.41) is 6.10. The van der Waals surface area contributed by atoms with E-state index in [4.69, 9.17) is 0 Å². The van der Waals surface area contributed by atoms with Crippen molar-refractivity contribution in [3.05, 3.63) is 89.9 Å². The zero-order valence-electron chi connectivity index (χ0n) is 13.9. The van der Waals surface area contributed by atoms with Gasteiger partial charge in [-0.3, -0.25) is 9.78 Å². The Labute approximate surface area is 147 Å². The lowest BCUT2D eigenvalue weighted by Crippen LogP contribution is -2.23. The van der Waals surface area contributed by atoms with Crippen molar-refractivity contribution in [1.82, 2.24) is 15.3 Å². The minimum atomic E-state index is -0.158. The van der Waals surface area contributed by atoms with Gasteiger partial charge in [0.1, 0.15) is 5.82 Å². The molecule has 0 aliphatic heterocycles. The van der Waals surface area contributed by atoms with Crippen LogP contribution in [0, 0.1) is 0 Å². The van der Waals surface area contributed by atoms with Crippen LogP contribution in [0.4, 0.5) is 5.82 Å². The molecule has 0 unspecified atom stereocenters. The molecule has 0 radical (unpaired) electrons. The van der Waals surface area contributed by atoms with Gasteiger partial charge in [-0.15, -0.1) is 0 Å². The van der Waals surface area contributed by atoms with Gasteiger partial charge in [0.2, 0.25) is 0 Å². The highest BCUT2D eigenvalue weighted by atomic mass is 16.1. The van der Waals surface area contributed by atoms with Gasteiger partial charge in [-0.25, -0.2) is 4.98 Å². The molecule has 0 atom stereocenters. The number of aromatic nitrogens is 2. The van der Waals surface area contributed by atoms with E-state index in [9.17, 15) is 4.79 Å². The van der Waals surface area contributed by atoms with Crippen molar-refractivity contribution in [3.63, 3.8) is 0 Å². The van der Waals surface area contributed by atoms with Gasteiger partial charge in [0, 0.05) is 18.9 Å². The van der Waals surface area contributed by atoms with Crippen LogP contribution in [0.15, 0.2) is 73.1 Å². The van der Waals surface area contributed by atoms with Crippen molar-refractivity contribution < 1.29 is 4.79 Å². The second kappa shape index (κ2) is 8.59. The predicted molar refractivity (Wildman–Crippen MR) is 98.3 cm³/mol. The molecule has 25 heavy (non-hydrogen) atoms. The molecule has 0 fully saturated rings. The summed E-state index contributed by atoms with van der Waals surface area (Å²) in [6, 6.07) is 19.5. The van der Waals surface area contributed by atoms with E-state index in [2.05, 4.69) is 32.7 Å². The first kappa shape index (κ1) is 16.6. The Morgan fingerprint density at radius 2 is 1.76 bits per heavy atom. The summed E-state index contributed by atoms with van der Waals surface area (Å²) in [7, 11) is 0. The summed E-state index contributed by atoms with van der Waals surface area (Å²) in [4.78, 5) is 20.6. The average molecular weight is 332 g/mol. The molecule has 5 heteroatoms. The fraction of sp³-hybridized carbons (Fsp3) is 0.150. The third kappa shape index (κ3) is 5.14. The number of carbonyl (C=O) groups is 1. The molecule has 0 bridgehead atoms. The zero-order chi connectivity index (χ0) is 17.3. The lowest BCUT2D eigenvalue weighted by atomic mass is 10.1. The second-order valence-electron chi connectivity index (χ2n) is 5.60. The highest BCUT2D eigenvalue weighted by Gasteiger charge is 2.06. The monoisotopic (exact) mass is 332 g/mol. The van der Waals surface area contributed by atoms with Crippen LogP contribution < -0.4 is 10.6 Å². The van der Waals surface area contributed by atoms with Crippen LogP contribution in [0.5, 0.6) is 0 Å². The van der Waals surface area contributed by atoms with E-state index in [-0.39, 0.29) is 5.91 Å². The lowest BCUT2D eigenvalue weighted by Gasteiger charge is -2.07. The first-order valence-corrected chi connectivity index (χ1v) is 8.23. The Bertz CT molecular complexity index is 789. The number of pyridine rings is 2. The van der Waals surface area contributed by atoms with E-state index in [1.165, 1.54) is 5.56 Å². The number of amides is 1. The first-order chi connectivity index (χ1) is 12.3. The molecule has 3 aromatic rings. The molecule has 2 N–H and O–H groups in total. The topological polar surface area (TPSA) is 66.9 Å². The Balaban J connectivity index is 1.47. The smallest absolute Gasteiger partial charge is 0.253 e. The third-order valence-corrected chi connectivity index (χ3v) is 3.74. The van der Waals surface area contributed by atoms with Crippen molar-refractivity contribution in [2.75, 3.05) is 11.9 Å². The first-order valence-electron chi connectivity index (χ1n) is 8.23. The number of benzene rings is 1. The molecule has 1 amide bonds. The SMILES string of the molecule is O=C(NCc1ccccn1)c1ccc(NCCc2ccccc2)nc1. The van der Waals surface area contributed by atoms with Gasteiger partial charge in [0.15, 0.2) is 0 Å². The number of hydrogen-bond acceptors (Lipinski definition) is 4. The Hall–Kier alpha value is -3.21. The standard InChI is InChI=1S/C20H20N4O/c25-20(24-15-18-8-4-5-12-21-18)17-9-10-19(23-14-17)22-13-11-16-6-2-1-3-7-16/h1-10,12,14H,11,13,15H2,(H,22,23)(H,24,25). The number of rotatable bonds is 7. The van der Waals surface area contributed by atoms with Crippen molar-refractivity contribution in [2.45, 2.75) is 13.0 Å². The molecule has 3 rings (SSSR count). The van der Waals surface area contributed by atoms with Crippen LogP contribution in [-0.4, -0.2) is 22.4 Å². The summed E-state index contributed by atoms with van der Waals surface area (Å²) in [6.07, 6.45) is 4.21. The molecule has 1 aromatic carbocycles. The lowest BCUT2D eigenvalue weighted by molar-refractivity contribution is 0.0950. The molecule has 0 aliphatic rings. The maximum atomic E-state index is 12.1. The van der Waals surface area contributed by atoms with Crippen LogP contribution in [0.1, 0.15) is 21.6 Å². The maximum Gasteiger partial charge on any atom is 0.253 e. The number of nitrogens with zero attached hydrogens (tertiary/aromatic N) is 2. The van der Waals surface area contributed by atoms with Gasteiger partial charge in [-0.2, -0.15) is 0 Å². The molecule has 0 saturated carbocycles. The van der Waals surface area contributed by atoms with Crippen molar-refractivity contribution in [3.8, 4) is 0 Å². The van der Waals surface area contributed by atoms with E-state index in [1.54, 1.807) is 18.5 Å². The normalized spacial score (nSPS) is 10.2. The highest BCUT2D eigenvalue weighted by Crippen LogP contribution is 2.06. The Morgan fingerprint density at radius 3 is 2.48 bits per heavy atom. The van der Waals surface area contributed by atoms with Gasteiger partial charge in [0.05, 0.1) is 17.8 Å². The number of carbonyl (C=O) groups excluding carboxylic acids is 1. The zero-order valence-corrected chi connectivity index (χ0v) is 13.9. The van der Waals surface area contributed by atoms with E-state index >= 15 is 0 Å². The molecular weight excluding hydrogens is 312 g/mol. The van der Waals surface area contributed by atoms with Crippen LogP contribution in [0.2, 0.25) is 0 Å². The molecule has 0 aliphatic carbocycles. The molecule has 0 saturated heterocycles. The van der Waals surface area contributed by atoms with Crippen molar-refractivity contribution in [1.29, 1.82) is 0 Å². The van der Waals surface area contributed by atoms with Crippen LogP contribution in [-0.2, 0) is 13.0 Å². The molecule has 2 heterocycles. The summed E-state index contributed by atoms with van der Waals surface area (Å²) >= 11 is 0. The predicted octanol–water partition coefficient (Wildman–Crippen LogP) is 3.06. The maximum absolute atomic E-state index is 12.1. The molecule has 5 nitrogen and oxygen atoms in total. The van der Waals surface area contributed by atoms with Gasteiger partial charge in [-0.1, -0.05) is 36.4 Å². The van der Waals surface area contributed by atoms with Crippen LogP contribution in [0.25, 0.3) is 0 Å². The largest absolute Gasteiger partial charge is 0.370 e. The van der Waals surface area contributed by atoms with Gasteiger partial charge in [-0.05, 0) is 36.2 Å². The third-order valence-electron chi connectivity index (χ3n) is 3.74. The molecule has 0 spiro atoms. The van der Waals surface area contributed by atoms with E-state index in [0.29, 0.717) is 12.1 Å². The summed E-state index contributed by atoms with van der Waals surface area (Å²) in [6.45, 7) is 1.19. The quantitative estimate of drug-likeness (QED) is 0.698. The fourth-order valence-electron chi connectivity index (χ4n) is 2.39. The number of nitrogens with one attached hydrogen (secondary N) is 2. The van der Waals surface area contributed by atoms with E-state index in [1.807, 2.05) is 42.5 Å². The minimum Gasteiger partial charge on any atom is -0.370 e. The van der Waals surface area contributed by atoms with Gasteiger partial charge in [0.25, 0.3) is 5.91 Å². The molecule has 2 aromatic heterocycles. The molecular formula is C20H20N4O. The summed E-state index contributed by atoms with van der Waals surface area (Å²) < 4.78 is 0. The average Bonchev–Trinajstić information content (AvgIpc) is 2.68. The van der Waals surface area contributed by atoms with Crippen molar-refractivity contribution >= 4 is 11.7 Å². The molecule has 126 valence electrons. The second-order valence-corrected chi connectivity index (χ2v) is 5.60. The Morgan fingerprint density at radius 1 is 0.920 bits per heavy atom. The highest BCUT2D eigenvalue weighted by molar-refractivity contribution is 5.93. The van der Waals surface area contributed by atoms with Gasteiger partial charge >= 0.3 is 0 Å². The van der Waals surface area contributed by atoms with Crippen molar-refractivity contribution in [2.24, 2.45) is 0 Å². The summed E-state index contributed by atoms with van der Waals surface area (Å²) in [5.74, 6) is 0.603.